The van der Waals surface area contributed by atoms with Crippen LogP contribution in [0.15, 0.2) is 24.3 Å². The molecule has 2 aliphatic heterocycles. The Balaban J connectivity index is 1.25. The number of ether oxygens (including phenoxy) is 1. The zero-order valence-electron chi connectivity index (χ0n) is 14.3. The number of carbonyl (C=O) groups excluding carboxylic acids is 1. The van der Waals surface area contributed by atoms with Gasteiger partial charge in [-0.2, -0.15) is 0 Å². The van der Waals surface area contributed by atoms with Crippen LogP contribution in [0.4, 0.5) is 5.69 Å². The first-order valence-corrected chi connectivity index (χ1v) is 9.47. The smallest absolute Gasteiger partial charge is 0.224 e. The summed E-state index contributed by atoms with van der Waals surface area (Å²) < 4.78 is 5.74. The summed E-state index contributed by atoms with van der Waals surface area (Å²) in [6.45, 7) is 1.51. The fourth-order valence-electron chi connectivity index (χ4n) is 4.18. The Labute approximate surface area is 144 Å². The van der Waals surface area contributed by atoms with Crippen molar-refractivity contribution in [3.63, 3.8) is 0 Å². The number of rotatable bonds is 7. The van der Waals surface area contributed by atoms with E-state index in [9.17, 15) is 4.79 Å². The Bertz CT molecular complexity index is 573. The van der Waals surface area contributed by atoms with Gasteiger partial charge in [-0.25, -0.2) is 0 Å². The van der Waals surface area contributed by atoms with E-state index in [4.69, 9.17) is 4.74 Å². The van der Waals surface area contributed by atoms with Gasteiger partial charge < -0.3 is 15.4 Å². The van der Waals surface area contributed by atoms with Crippen molar-refractivity contribution in [1.29, 1.82) is 0 Å². The summed E-state index contributed by atoms with van der Waals surface area (Å²) in [5, 5.41) is 6.71. The number of benzene rings is 1. The van der Waals surface area contributed by atoms with Crippen LogP contribution in [0, 0.1) is 11.8 Å². The minimum absolute atomic E-state index is 0.150. The van der Waals surface area contributed by atoms with Gasteiger partial charge in [0.15, 0.2) is 0 Å². The minimum atomic E-state index is 0.150. The number of hydrogen-bond acceptors (Lipinski definition) is 3. The molecular formula is C20H28N2O2. The van der Waals surface area contributed by atoms with Gasteiger partial charge in [0.2, 0.25) is 5.91 Å². The van der Waals surface area contributed by atoms with E-state index in [1.54, 1.807) is 0 Å². The molecule has 4 nitrogen and oxygen atoms in total. The lowest BCUT2D eigenvalue weighted by Gasteiger charge is -2.28. The van der Waals surface area contributed by atoms with E-state index in [-0.39, 0.29) is 5.91 Å². The van der Waals surface area contributed by atoms with Crippen LogP contribution in [0.25, 0.3) is 0 Å². The van der Waals surface area contributed by atoms with Crippen LogP contribution in [0.1, 0.15) is 50.5 Å². The van der Waals surface area contributed by atoms with Crippen molar-refractivity contribution in [3.05, 3.63) is 29.8 Å². The second kappa shape index (κ2) is 7.24. The summed E-state index contributed by atoms with van der Waals surface area (Å²) >= 11 is 0. The van der Waals surface area contributed by atoms with Gasteiger partial charge in [-0.05, 0) is 68.1 Å². The van der Waals surface area contributed by atoms with Crippen LogP contribution in [-0.4, -0.2) is 24.6 Å². The van der Waals surface area contributed by atoms with Crippen LogP contribution in [-0.2, 0) is 16.1 Å². The Morgan fingerprint density at radius 2 is 1.92 bits per heavy atom. The monoisotopic (exact) mass is 328 g/mol. The maximum Gasteiger partial charge on any atom is 0.224 e. The van der Waals surface area contributed by atoms with Crippen LogP contribution in [0.2, 0.25) is 0 Å². The molecule has 1 aromatic rings. The fraction of sp³-hybridized carbons (Fsp3) is 0.650. The molecule has 2 N–H and O–H groups in total. The average molecular weight is 328 g/mol. The number of amides is 1. The zero-order chi connectivity index (χ0) is 16.4. The number of fused-ring (bicyclic) bond motifs is 2. The van der Waals surface area contributed by atoms with Crippen molar-refractivity contribution in [3.8, 4) is 0 Å². The van der Waals surface area contributed by atoms with E-state index in [1.165, 1.54) is 25.7 Å². The molecule has 0 aromatic heterocycles. The first kappa shape index (κ1) is 16.1. The lowest BCUT2D eigenvalue weighted by atomic mass is 9.89. The topological polar surface area (TPSA) is 50.4 Å². The highest BCUT2D eigenvalue weighted by atomic mass is 16.5. The summed E-state index contributed by atoms with van der Waals surface area (Å²) in [4.78, 5) is 12.4. The second-order valence-corrected chi connectivity index (χ2v) is 7.89. The lowest BCUT2D eigenvalue weighted by Crippen LogP contribution is -2.39. The van der Waals surface area contributed by atoms with E-state index in [2.05, 4.69) is 16.7 Å². The molecular weight excluding hydrogens is 300 g/mol. The van der Waals surface area contributed by atoms with E-state index >= 15 is 0 Å². The van der Waals surface area contributed by atoms with Gasteiger partial charge in [0.05, 0.1) is 6.61 Å². The Hall–Kier alpha value is -1.39. The Kier molecular flexibility index (Phi) is 4.86. The molecule has 3 aliphatic rings. The highest BCUT2D eigenvalue weighted by Crippen LogP contribution is 2.33. The lowest BCUT2D eigenvalue weighted by molar-refractivity contribution is -0.117. The molecule has 2 atom stereocenters. The molecule has 130 valence electrons. The maximum absolute atomic E-state index is 12.4. The van der Waals surface area contributed by atoms with Crippen LogP contribution in [0.5, 0.6) is 0 Å². The molecule has 2 heterocycles. The molecule has 0 radical (unpaired) electrons. The SMILES string of the molecule is O=C(CC1CC2CCC(C1)N2)Nc1cccc(COCC2CC2)c1. The van der Waals surface area contributed by atoms with Gasteiger partial charge >= 0.3 is 0 Å². The number of piperidine rings is 1. The van der Waals surface area contributed by atoms with Crippen LogP contribution in [0.3, 0.4) is 0 Å². The van der Waals surface area contributed by atoms with Crippen molar-refractivity contribution < 1.29 is 9.53 Å². The third-order valence-electron chi connectivity index (χ3n) is 5.57. The molecule has 4 rings (SSSR count). The molecule has 2 saturated heterocycles. The fourth-order valence-corrected chi connectivity index (χ4v) is 4.18. The second-order valence-electron chi connectivity index (χ2n) is 7.89. The number of hydrogen-bond donors (Lipinski definition) is 2. The molecule has 1 amide bonds. The molecule has 1 saturated carbocycles. The quantitative estimate of drug-likeness (QED) is 0.806. The van der Waals surface area contributed by atoms with Gasteiger partial charge in [-0.15, -0.1) is 0 Å². The van der Waals surface area contributed by atoms with E-state index in [0.717, 1.165) is 36.6 Å². The van der Waals surface area contributed by atoms with Gasteiger partial charge in [-0.3, -0.25) is 4.79 Å². The zero-order valence-corrected chi connectivity index (χ0v) is 14.3. The van der Waals surface area contributed by atoms with E-state index < -0.39 is 0 Å². The van der Waals surface area contributed by atoms with Gasteiger partial charge in [0.1, 0.15) is 0 Å². The summed E-state index contributed by atoms with van der Waals surface area (Å²) in [6, 6.07) is 9.36. The summed E-state index contributed by atoms with van der Waals surface area (Å²) in [5.41, 5.74) is 2.03. The highest BCUT2D eigenvalue weighted by molar-refractivity contribution is 5.90. The van der Waals surface area contributed by atoms with E-state index in [0.29, 0.717) is 31.0 Å². The van der Waals surface area contributed by atoms with Crippen LogP contribution < -0.4 is 10.6 Å². The summed E-state index contributed by atoms with van der Waals surface area (Å²) in [6.07, 6.45) is 8.15. The average Bonchev–Trinajstić information content (AvgIpc) is 3.31. The van der Waals surface area contributed by atoms with Crippen molar-refractivity contribution in [2.45, 2.75) is 63.6 Å². The molecule has 2 unspecified atom stereocenters. The largest absolute Gasteiger partial charge is 0.376 e. The Morgan fingerprint density at radius 3 is 2.67 bits per heavy atom. The molecule has 2 bridgehead atoms. The predicted octanol–water partition coefficient (Wildman–Crippen LogP) is 3.47. The summed E-state index contributed by atoms with van der Waals surface area (Å²) in [5.74, 6) is 1.47. The molecule has 24 heavy (non-hydrogen) atoms. The first-order valence-electron chi connectivity index (χ1n) is 9.47. The van der Waals surface area contributed by atoms with Crippen LogP contribution >= 0.6 is 0 Å². The minimum Gasteiger partial charge on any atom is -0.376 e. The van der Waals surface area contributed by atoms with Crippen molar-refractivity contribution in [2.75, 3.05) is 11.9 Å². The number of carbonyl (C=O) groups is 1. The van der Waals surface area contributed by atoms with Crippen molar-refractivity contribution >= 4 is 11.6 Å². The number of anilines is 1. The van der Waals surface area contributed by atoms with Gasteiger partial charge in [0.25, 0.3) is 0 Å². The van der Waals surface area contributed by atoms with Crippen molar-refractivity contribution in [2.24, 2.45) is 11.8 Å². The van der Waals surface area contributed by atoms with Gasteiger partial charge in [-0.1, -0.05) is 12.1 Å². The predicted molar refractivity (Wildman–Crippen MR) is 94.7 cm³/mol. The van der Waals surface area contributed by atoms with E-state index in [1.807, 2.05) is 18.2 Å². The third kappa shape index (κ3) is 4.37. The third-order valence-corrected chi connectivity index (χ3v) is 5.57. The molecule has 1 aliphatic carbocycles. The number of nitrogens with one attached hydrogen (secondary N) is 2. The normalized spacial score (nSPS) is 28.8. The standard InChI is InChI=1S/C20H28N2O2/c23-20(11-16-9-18-6-7-19(10-16)21-18)22-17-3-1-2-15(8-17)13-24-12-14-4-5-14/h1-3,8,14,16,18-19,21H,4-7,9-13H2,(H,22,23). The van der Waals surface area contributed by atoms with Crippen molar-refractivity contribution in [1.82, 2.24) is 5.32 Å². The van der Waals surface area contributed by atoms with Gasteiger partial charge in [0, 0.05) is 30.8 Å². The molecule has 3 fully saturated rings. The molecule has 4 heteroatoms. The maximum atomic E-state index is 12.4. The highest BCUT2D eigenvalue weighted by Gasteiger charge is 2.34. The molecule has 1 aromatic carbocycles. The molecule has 0 spiro atoms. The summed E-state index contributed by atoms with van der Waals surface area (Å²) in [7, 11) is 0. The Morgan fingerprint density at radius 1 is 1.12 bits per heavy atom. The first-order chi connectivity index (χ1) is 11.7.